The van der Waals surface area contributed by atoms with Gasteiger partial charge in [-0.05, 0) is 50.2 Å². The molecule has 4 rings (SSSR count). The predicted molar refractivity (Wildman–Crippen MR) is 116 cm³/mol. The summed E-state index contributed by atoms with van der Waals surface area (Å²) in [6.45, 7) is 6.93. The molecule has 2 aromatic carbocycles. The molecule has 1 aliphatic heterocycles. The molecule has 144 valence electrons. The molecule has 6 heteroatoms. The van der Waals surface area contributed by atoms with E-state index in [1.54, 1.807) is 0 Å². The predicted octanol–water partition coefficient (Wildman–Crippen LogP) is 4.70. The Kier molecular flexibility index (Phi) is 5.33. The first kappa shape index (κ1) is 18.9. The Balaban J connectivity index is 1.72. The van der Waals surface area contributed by atoms with Crippen LogP contribution in [0.25, 0.3) is 10.9 Å². The van der Waals surface area contributed by atoms with Crippen molar-refractivity contribution in [2.45, 2.75) is 13.8 Å². The maximum absolute atomic E-state index is 13.2. The van der Waals surface area contributed by atoms with E-state index in [0.29, 0.717) is 18.8 Å². The maximum Gasteiger partial charge on any atom is 0.256 e. The van der Waals surface area contributed by atoms with Crippen molar-refractivity contribution in [2.75, 3.05) is 36.5 Å². The van der Waals surface area contributed by atoms with Gasteiger partial charge in [-0.3, -0.25) is 9.78 Å². The minimum absolute atomic E-state index is 0.131. The fourth-order valence-corrected chi connectivity index (χ4v) is 3.90. The monoisotopic (exact) mass is 439 g/mol. The summed E-state index contributed by atoms with van der Waals surface area (Å²) in [7, 11) is 0. The lowest BCUT2D eigenvalue weighted by Gasteiger charge is -2.30. The van der Waals surface area contributed by atoms with Gasteiger partial charge < -0.3 is 15.0 Å². The highest BCUT2D eigenvalue weighted by Crippen LogP contribution is 2.31. The van der Waals surface area contributed by atoms with Crippen LogP contribution in [0.15, 0.2) is 46.9 Å². The van der Waals surface area contributed by atoms with E-state index in [9.17, 15) is 4.79 Å². The number of aromatic nitrogens is 1. The average Bonchev–Trinajstić information content (AvgIpc) is 2.68. The largest absolute Gasteiger partial charge is 0.378 e. The molecule has 0 unspecified atom stereocenters. The molecule has 0 radical (unpaired) electrons. The van der Waals surface area contributed by atoms with Crippen molar-refractivity contribution in [3.63, 3.8) is 0 Å². The van der Waals surface area contributed by atoms with Gasteiger partial charge in [0, 0.05) is 28.6 Å². The summed E-state index contributed by atoms with van der Waals surface area (Å²) in [5.74, 6) is -0.131. The second kappa shape index (κ2) is 7.89. The Morgan fingerprint density at radius 2 is 1.89 bits per heavy atom. The number of carbonyl (C=O) groups excluding carboxylic acids is 1. The first-order valence-electron chi connectivity index (χ1n) is 9.33. The number of aryl methyl sites for hydroxylation is 2. The molecule has 0 atom stereocenters. The van der Waals surface area contributed by atoms with Crippen LogP contribution in [0.5, 0.6) is 0 Å². The van der Waals surface area contributed by atoms with Gasteiger partial charge in [0.15, 0.2) is 0 Å². The van der Waals surface area contributed by atoms with E-state index >= 15 is 0 Å². The summed E-state index contributed by atoms with van der Waals surface area (Å²) in [6, 6.07) is 13.8. The lowest BCUT2D eigenvalue weighted by Crippen LogP contribution is -2.36. The molecule has 1 aliphatic rings. The van der Waals surface area contributed by atoms with E-state index in [1.165, 1.54) is 0 Å². The van der Waals surface area contributed by atoms with Crippen molar-refractivity contribution in [2.24, 2.45) is 0 Å². The van der Waals surface area contributed by atoms with Gasteiger partial charge in [-0.2, -0.15) is 0 Å². The van der Waals surface area contributed by atoms with Crippen LogP contribution in [-0.4, -0.2) is 37.2 Å². The number of carbonyl (C=O) groups is 1. The van der Waals surface area contributed by atoms with Crippen LogP contribution in [0, 0.1) is 13.8 Å². The molecule has 1 saturated heterocycles. The molecule has 28 heavy (non-hydrogen) atoms. The number of pyridine rings is 1. The van der Waals surface area contributed by atoms with Gasteiger partial charge in [-0.15, -0.1) is 0 Å². The molecule has 0 aliphatic carbocycles. The van der Waals surface area contributed by atoms with Crippen LogP contribution in [0.3, 0.4) is 0 Å². The van der Waals surface area contributed by atoms with E-state index in [4.69, 9.17) is 4.74 Å². The van der Waals surface area contributed by atoms with Crippen LogP contribution < -0.4 is 10.2 Å². The molecular weight excluding hydrogens is 418 g/mol. The topological polar surface area (TPSA) is 54.5 Å². The number of benzene rings is 2. The second-order valence-electron chi connectivity index (χ2n) is 7.05. The van der Waals surface area contributed by atoms with Gasteiger partial charge >= 0.3 is 0 Å². The third-order valence-corrected chi connectivity index (χ3v) is 5.39. The summed E-state index contributed by atoms with van der Waals surface area (Å²) >= 11 is 3.52. The highest BCUT2D eigenvalue weighted by molar-refractivity contribution is 9.10. The van der Waals surface area contributed by atoms with Gasteiger partial charge in [0.1, 0.15) is 0 Å². The van der Waals surface area contributed by atoms with Gasteiger partial charge in [-0.25, -0.2) is 0 Å². The first-order chi connectivity index (χ1) is 13.5. The van der Waals surface area contributed by atoms with Gasteiger partial charge in [0.25, 0.3) is 5.91 Å². The average molecular weight is 440 g/mol. The quantitative estimate of drug-likeness (QED) is 0.642. The second-order valence-corrected chi connectivity index (χ2v) is 7.96. The molecule has 1 fully saturated rings. The van der Waals surface area contributed by atoms with E-state index in [0.717, 1.165) is 51.1 Å². The zero-order valence-electron chi connectivity index (χ0n) is 16.0. The summed E-state index contributed by atoms with van der Waals surface area (Å²) < 4.78 is 6.39. The number of anilines is 2. The van der Waals surface area contributed by atoms with Gasteiger partial charge in [0.05, 0.1) is 35.7 Å². The molecule has 0 saturated carbocycles. The van der Waals surface area contributed by atoms with E-state index in [-0.39, 0.29) is 5.91 Å². The number of nitrogens with zero attached hydrogens (tertiary/aromatic N) is 2. The van der Waals surface area contributed by atoms with Crippen molar-refractivity contribution < 1.29 is 9.53 Å². The molecule has 1 N–H and O–H groups in total. The minimum Gasteiger partial charge on any atom is -0.378 e. The Hall–Kier alpha value is -2.44. The van der Waals surface area contributed by atoms with Crippen molar-refractivity contribution in [1.82, 2.24) is 4.98 Å². The lowest BCUT2D eigenvalue weighted by molar-refractivity contribution is 0.102. The van der Waals surface area contributed by atoms with Crippen LogP contribution >= 0.6 is 15.9 Å². The number of rotatable bonds is 3. The van der Waals surface area contributed by atoms with Crippen LogP contribution in [0.2, 0.25) is 0 Å². The normalized spacial score (nSPS) is 14.3. The summed E-state index contributed by atoms with van der Waals surface area (Å²) in [6.07, 6.45) is 0. The van der Waals surface area contributed by atoms with Crippen LogP contribution in [0.1, 0.15) is 21.6 Å². The molecule has 1 amide bonds. The number of morpholine rings is 1. The molecular formula is C22H22BrN3O2. The van der Waals surface area contributed by atoms with Crippen molar-refractivity contribution >= 4 is 44.1 Å². The fraction of sp³-hybridized carbons (Fsp3) is 0.273. The molecule has 2 heterocycles. The zero-order chi connectivity index (χ0) is 19.7. The number of ether oxygens (including phenoxy) is 1. The van der Waals surface area contributed by atoms with Crippen molar-refractivity contribution in [1.29, 1.82) is 0 Å². The highest BCUT2D eigenvalue weighted by Gasteiger charge is 2.18. The molecule has 1 aromatic heterocycles. The number of fused-ring (bicyclic) bond motifs is 1. The summed E-state index contributed by atoms with van der Waals surface area (Å²) in [4.78, 5) is 20.0. The molecule has 5 nitrogen and oxygen atoms in total. The number of hydrogen-bond donors (Lipinski definition) is 1. The SMILES string of the molecule is Cc1ccc2nc(C)cc(C(=O)Nc3cc(Br)ccc3N3CCOCC3)c2c1. The Labute approximate surface area is 172 Å². The smallest absolute Gasteiger partial charge is 0.256 e. The first-order valence-corrected chi connectivity index (χ1v) is 10.1. The maximum atomic E-state index is 13.2. The highest BCUT2D eigenvalue weighted by atomic mass is 79.9. The number of halogens is 1. The van der Waals surface area contributed by atoms with E-state index < -0.39 is 0 Å². The molecule has 0 bridgehead atoms. The molecule has 0 spiro atoms. The number of hydrogen-bond acceptors (Lipinski definition) is 4. The van der Waals surface area contributed by atoms with Gasteiger partial charge in [0.2, 0.25) is 0 Å². The Morgan fingerprint density at radius 3 is 2.68 bits per heavy atom. The minimum atomic E-state index is -0.131. The zero-order valence-corrected chi connectivity index (χ0v) is 17.5. The number of amides is 1. The summed E-state index contributed by atoms with van der Waals surface area (Å²) in [5.41, 5.74) is 5.19. The van der Waals surface area contributed by atoms with Gasteiger partial charge in [-0.1, -0.05) is 27.6 Å². The van der Waals surface area contributed by atoms with E-state index in [2.05, 4.69) is 31.1 Å². The third kappa shape index (κ3) is 3.88. The molecule has 3 aromatic rings. The van der Waals surface area contributed by atoms with Crippen molar-refractivity contribution in [3.8, 4) is 0 Å². The van der Waals surface area contributed by atoms with Crippen molar-refractivity contribution in [3.05, 3.63) is 63.8 Å². The van der Waals surface area contributed by atoms with Crippen LogP contribution in [-0.2, 0) is 4.74 Å². The Morgan fingerprint density at radius 1 is 1.11 bits per heavy atom. The third-order valence-electron chi connectivity index (χ3n) is 4.90. The summed E-state index contributed by atoms with van der Waals surface area (Å²) in [5, 5.41) is 3.99. The standard InChI is InChI=1S/C22H22BrN3O2/c1-14-3-5-19-17(11-14)18(12-15(2)24-19)22(27)25-20-13-16(23)4-6-21(20)26-7-9-28-10-8-26/h3-6,11-13H,7-10H2,1-2H3,(H,25,27). The lowest BCUT2D eigenvalue weighted by atomic mass is 10.0. The van der Waals surface area contributed by atoms with Crippen LogP contribution in [0.4, 0.5) is 11.4 Å². The Bertz CT molecular complexity index is 1050. The number of nitrogens with one attached hydrogen (secondary N) is 1. The van der Waals surface area contributed by atoms with E-state index in [1.807, 2.05) is 56.3 Å². The fourth-order valence-electron chi connectivity index (χ4n) is 3.54.